The molecule has 0 fully saturated rings. The summed E-state index contributed by atoms with van der Waals surface area (Å²) in [5, 5.41) is 18.1. The van der Waals surface area contributed by atoms with E-state index in [4.69, 9.17) is 10.9 Å². The van der Waals surface area contributed by atoms with Gasteiger partial charge in [-0.2, -0.15) is 11.3 Å². The fourth-order valence-electron chi connectivity index (χ4n) is 1.45. The summed E-state index contributed by atoms with van der Waals surface area (Å²) in [6.07, 6.45) is 1.48. The minimum absolute atomic E-state index is 0.0408. The molecule has 1 aromatic rings. The third-order valence-corrected chi connectivity index (χ3v) is 3.12. The molecule has 1 atom stereocenters. The molecule has 5 nitrogen and oxygen atoms in total. The third kappa shape index (κ3) is 4.86. The largest absolute Gasteiger partial charge is 0.409 e. The zero-order chi connectivity index (χ0) is 12.7. The first kappa shape index (κ1) is 13.5. The van der Waals surface area contributed by atoms with Gasteiger partial charge >= 0.3 is 0 Å². The smallest absolute Gasteiger partial charge is 0.224 e. The van der Waals surface area contributed by atoms with Crippen LogP contribution < -0.4 is 11.1 Å². The number of oxime groups is 1. The SMILES string of the molecule is CCC(CC(N)=NO)NC(=O)Cc1ccsc1. The second-order valence-corrected chi connectivity index (χ2v) is 4.56. The van der Waals surface area contributed by atoms with Crippen LogP contribution in [0.3, 0.4) is 0 Å². The lowest BCUT2D eigenvalue weighted by molar-refractivity contribution is -0.121. The Bertz CT molecular complexity index is 376. The van der Waals surface area contributed by atoms with Crippen LogP contribution in [0.15, 0.2) is 22.0 Å². The lowest BCUT2D eigenvalue weighted by atomic mass is 10.1. The van der Waals surface area contributed by atoms with Crippen molar-refractivity contribution in [1.29, 1.82) is 0 Å². The number of nitrogens with zero attached hydrogens (tertiary/aromatic N) is 1. The summed E-state index contributed by atoms with van der Waals surface area (Å²) in [5.41, 5.74) is 6.42. The molecule has 0 aromatic carbocycles. The van der Waals surface area contributed by atoms with Crippen LogP contribution >= 0.6 is 11.3 Å². The van der Waals surface area contributed by atoms with Gasteiger partial charge < -0.3 is 16.3 Å². The number of rotatable bonds is 6. The molecule has 94 valence electrons. The normalized spacial score (nSPS) is 13.4. The number of amides is 1. The van der Waals surface area contributed by atoms with Crippen LogP contribution in [0.25, 0.3) is 0 Å². The average molecular weight is 255 g/mol. The van der Waals surface area contributed by atoms with Crippen LogP contribution in [0.2, 0.25) is 0 Å². The van der Waals surface area contributed by atoms with Crippen molar-refractivity contribution in [3.63, 3.8) is 0 Å². The van der Waals surface area contributed by atoms with E-state index in [1.165, 1.54) is 0 Å². The topological polar surface area (TPSA) is 87.7 Å². The number of amidine groups is 1. The van der Waals surface area contributed by atoms with E-state index in [0.717, 1.165) is 12.0 Å². The quantitative estimate of drug-likeness (QED) is 0.310. The molecule has 0 bridgehead atoms. The zero-order valence-corrected chi connectivity index (χ0v) is 10.5. The first-order chi connectivity index (χ1) is 8.15. The Labute approximate surface area is 104 Å². The molecule has 1 aromatic heterocycles. The minimum atomic E-state index is -0.0861. The fourth-order valence-corrected chi connectivity index (χ4v) is 2.12. The Morgan fingerprint density at radius 2 is 2.47 bits per heavy atom. The molecule has 0 saturated carbocycles. The van der Waals surface area contributed by atoms with Crippen LogP contribution in [0, 0.1) is 0 Å². The van der Waals surface area contributed by atoms with E-state index < -0.39 is 0 Å². The van der Waals surface area contributed by atoms with Gasteiger partial charge in [0.1, 0.15) is 5.84 Å². The lowest BCUT2D eigenvalue weighted by Gasteiger charge is -2.15. The zero-order valence-electron chi connectivity index (χ0n) is 9.72. The van der Waals surface area contributed by atoms with Gasteiger partial charge in [0.2, 0.25) is 5.91 Å². The first-order valence-corrected chi connectivity index (χ1v) is 6.36. The molecule has 0 aliphatic heterocycles. The molecule has 0 saturated heterocycles. The molecule has 1 heterocycles. The minimum Gasteiger partial charge on any atom is -0.409 e. The highest BCUT2D eigenvalue weighted by atomic mass is 32.1. The van der Waals surface area contributed by atoms with Gasteiger partial charge in [-0.15, -0.1) is 0 Å². The van der Waals surface area contributed by atoms with E-state index in [1.807, 2.05) is 23.8 Å². The van der Waals surface area contributed by atoms with E-state index in [-0.39, 0.29) is 17.8 Å². The van der Waals surface area contributed by atoms with Gasteiger partial charge in [-0.25, -0.2) is 0 Å². The molecule has 1 rings (SSSR count). The van der Waals surface area contributed by atoms with Gasteiger partial charge in [0.05, 0.1) is 6.42 Å². The second-order valence-electron chi connectivity index (χ2n) is 3.78. The van der Waals surface area contributed by atoms with Crippen LogP contribution in [-0.4, -0.2) is 23.0 Å². The Hall–Kier alpha value is -1.56. The number of thiophene rings is 1. The summed E-state index contributed by atoms with van der Waals surface area (Å²) in [7, 11) is 0. The van der Waals surface area contributed by atoms with Gasteiger partial charge in [-0.3, -0.25) is 4.79 Å². The molecule has 1 amide bonds. The lowest BCUT2D eigenvalue weighted by Crippen LogP contribution is -2.38. The molecule has 4 N–H and O–H groups in total. The van der Waals surface area contributed by atoms with Crippen molar-refractivity contribution in [2.75, 3.05) is 0 Å². The predicted octanol–water partition coefficient (Wildman–Crippen LogP) is 1.32. The van der Waals surface area contributed by atoms with E-state index >= 15 is 0 Å². The van der Waals surface area contributed by atoms with Crippen LogP contribution in [-0.2, 0) is 11.2 Å². The van der Waals surface area contributed by atoms with Crippen LogP contribution in [0.1, 0.15) is 25.3 Å². The Balaban J connectivity index is 2.42. The number of hydrogen-bond donors (Lipinski definition) is 3. The monoisotopic (exact) mass is 255 g/mol. The van der Waals surface area contributed by atoms with E-state index in [0.29, 0.717) is 12.8 Å². The Kier molecular flexibility index (Phi) is 5.48. The summed E-state index contributed by atoms with van der Waals surface area (Å²) in [6.45, 7) is 1.94. The van der Waals surface area contributed by atoms with Crippen molar-refractivity contribution in [1.82, 2.24) is 5.32 Å². The number of nitrogens with one attached hydrogen (secondary N) is 1. The molecule has 0 aliphatic rings. The highest BCUT2D eigenvalue weighted by Crippen LogP contribution is 2.07. The number of carbonyl (C=O) groups is 1. The molecule has 17 heavy (non-hydrogen) atoms. The standard InChI is InChI=1S/C11H17N3O2S/c1-2-9(6-10(12)14-16)13-11(15)5-8-3-4-17-7-8/h3-4,7,9,16H,2,5-6H2,1H3,(H2,12,14)(H,13,15). The number of nitrogens with two attached hydrogens (primary N) is 1. The molecular formula is C11H17N3O2S. The van der Waals surface area contributed by atoms with Crippen molar-refractivity contribution in [2.45, 2.75) is 32.2 Å². The summed E-state index contributed by atoms with van der Waals surface area (Å²) < 4.78 is 0. The van der Waals surface area contributed by atoms with Gasteiger partial charge in [0.25, 0.3) is 0 Å². The van der Waals surface area contributed by atoms with Gasteiger partial charge in [0, 0.05) is 12.5 Å². The molecular weight excluding hydrogens is 238 g/mol. The van der Waals surface area contributed by atoms with Crippen LogP contribution in [0.5, 0.6) is 0 Å². The molecule has 1 unspecified atom stereocenters. The van der Waals surface area contributed by atoms with E-state index in [9.17, 15) is 4.79 Å². The first-order valence-electron chi connectivity index (χ1n) is 5.42. The Morgan fingerprint density at radius 3 is 3.00 bits per heavy atom. The highest BCUT2D eigenvalue weighted by Gasteiger charge is 2.12. The Morgan fingerprint density at radius 1 is 1.71 bits per heavy atom. The maximum absolute atomic E-state index is 11.7. The molecule has 0 spiro atoms. The summed E-state index contributed by atoms with van der Waals surface area (Å²) in [4.78, 5) is 11.7. The maximum Gasteiger partial charge on any atom is 0.224 e. The highest BCUT2D eigenvalue weighted by molar-refractivity contribution is 7.07. The number of carbonyl (C=O) groups excluding carboxylic acids is 1. The molecule has 6 heteroatoms. The van der Waals surface area contributed by atoms with Gasteiger partial charge in [-0.1, -0.05) is 12.1 Å². The van der Waals surface area contributed by atoms with Crippen molar-refractivity contribution in [3.05, 3.63) is 22.4 Å². The number of hydrogen-bond acceptors (Lipinski definition) is 4. The fraction of sp³-hybridized carbons (Fsp3) is 0.455. The van der Waals surface area contributed by atoms with Gasteiger partial charge in [-0.05, 0) is 28.8 Å². The summed E-state index contributed by atoms with van der Waals surface area (Å²) in [6, 6.07) is 1.84. The predicted molar refractivity (Wildman–Crippen MR) is 68.3 cm³/mol. The van der Waals surface area contributed by atoms with Gasteiger partial charge in [0.15, 0.2) is 0 Å². The van der Waals surface area contributed by atoms with Crippen molar-refractivity contribution < 1.29 is 10.0 Å². The van der Waals surface area contributed by atoms with E-state index in [2.05, 4.69) is 10.5 Å². The molecule has 0 radical (unpaired) electrons. The maximum atomic E-state index is 11.7. The summed E-state index contributed by atoms with van der Waals surface area (Å²) >= 11 is 1.57. The molecule has 0 aliphatic carbocycles. The second kappa shape index (κ2) is 6.90. The van der Waals surface area contributed by atoms with Crippen molar-refractivity contribution >= 4 is 23.1 Å². The summed E-state index contributed by atoms with van der Waals surface area (Å²) in [5.74, 6) is 0.0914. The van der Waals surface area contributed by atoms with E-state index in [1.54, 1.807) is 11.3 Å². The van der Waals surface area contributed by atoms with Crippen molar-refractivity contribution in [2.24, 2.45) is 10.9 Å². The third-order valence-electron chi connectivity index (χ3n) is 2.39. The average Bonchev–Trinajstić information content (AvgIpc) is 2.80. The van der Waals surface area contributed by atoms with Crippen molar-refractivity contribution in [3.8, 4) is 0 Å². The van der Waals surface area contributed by atoms with Crippen LogP contribution in [0.4, 0.5) is 0 Å².